The molecule has 1 unspecified atom stereocenters. The van der Waals surface area contributed by atoms with E-state index in [9.17, 15) is 4.79 Å². The Hall–Kier alpha value is -1.35. The van der Waals surface area contributed by atoms with E-state index >= 15 is 0 Å². The van der Waals surface area contributed by atoms with Crippen molar-refractivity contribution in [2.24, 2.45) is 5.92 Å². The van der Waals surface area contributed by atoms with Crippen LogP contribution >= 0.6 is 0 Å². The molecule has 0 heterocycles. The summed E-state index contributed by atoms with van der Waals surface area (Å²) in [6.07, 6.45) is 2.45. The van der Waals surface area contributed by atoms with Gasteiger partial charge in [0.1, 0.15) is 5.54 Å². The van der Waals surface area contributed by atoms with Gasteiger partial charge in [0.2, 0.25) is 0 Å². The minimum absolute atomic E-state index is 0.218. The van der Waals surface area contributed by atoms with Crippen molar-refractivity contribution >= 4 is 5.97 Å². The predicted molar refractivity (Wildman–Crippen MR) is 71.1 cm³/mol. The average molecular weight is 247 g/mol. The Balaban J connectivity index is 2.15. The number of rotatable bonds is 5. The number of carbonyl (C=O) groups excluding carboxylic acids is 1. The zero-order valence-corrected chi connectivity index (χ0v) is 11.3. The van der Waals surface area contributed by atoms with E-state index in [1.165, 1.54) is 25.5 Å². The van der Waals surface area contributed by atoms with E-state index in [2.05, 4.69) is 17.4 Å². The predicted octanol–water partition coefficient (Wildman–Crippen LogP) is 2.68. The standard InChI is InChI=1S/C15H21NO2/c1-15(2,14(17)18-3)16-13(12-9-10-12)11-7-5-4-6-8-11/h4-8,12-13,16H,9-10H2,1-3H3. The summed E-state index contributed by atoms with van der Waals surface area (Å²) in [5.41, 5.74) is 0.592. The Bertz CT molecular complexity index is 410. The third-order valence-electron chi connectivity index (χ3n) is 3.46. The first kappa shape index (κ1) is 13.1. The monoisotopic (exact) mass is 247 g/mol. The van der Waals surface area contributed by atoms with Gasteiger partial charge in [0.25, 0.3) is 0 Å². The molecule has 0 aromatic heterocycles. The second-order valence-corrected chi connectivity index (χ2v) is 5.49. The zero-order chi connectivity index (χ0) is 13.2. The van der Waals surface area contributed by atoms with Crippen LogP contribution in [-0.2, 0) is 9.53 Å². The van der Waals surface area contributed by atoms with Crippen molar-refractivity contribution in [1.29, 1.82) is 0 Å². The van der Waals surface area contributed by atoms with Crippen LogP contribution in [0.5, 0.6) is 0 Å². The summed E-state index contributed by atoms with van der Waals surface area (Å²) < 4.78 is 4.85. The maximum absolute atomic E-state index is 11.8. The number of hydrogen-bond acceptors (Lipinski definition) is 3. The van der Waals surface area contributed by atoms with Crippen molar-refractivity contribution in [3.63, 3.8) is 0 Å². The van der Waals surface area contributed by atoms with Crippen LogP contribution < -0.4 is 5.32 Å². The quantitative estimate of drug-likeness (QED) is 0.813. The highest BCUT2D eigenvalue weighted by Crippen LogP contribution is 2.41. The number of hydrogen-bond donors (Lipinski definition) is 1. The summed E-state index contributed by atoms with van der Waals surface area (Å²) in [4.78, 5) is 11.8. The Morgan fingerprint density at radius 1 is 1.33 bits per heavy atom. The molecule has 1 aromatic carbocycles. The molecule has 0 saturated heterocycles. The Kier molecular flexibility index (Phi) is 3.71. The third-order valence-corrected chi connectivity index (χ3v) is 3.46. The number of methoxy groups -OCH3 is 1. The van der Waals surface area contributed by atoms with Gasteiger partial charge in [-0.15, -0.1) is 0 Å². The lowest BCUT2D eigenvalue weighted by molar-refractivity contribution is -0.147. The SMILES string of the molecule is COC(=O)C(C)(C)NC(c1ccccc1)C1CC1. The molecular formula is C15H21NO2. The molecule has 3 heteroatoms. The lowest BCUT2D eigenvalue weighted by atomic mass is 9.97. The van der Waals surface area contributed by atoms with Crippen LogP contribution in [0.3, 0.4) is 0 Å². The van der Waals surface area contributed by atoms with Crippen LogP contribution in [0.25, 0.3) is 0 Å². The smallest absolute Gasteiger partial charge is 0.325 e. The molecule has 1 fully saturated rings. The van der Waals surface area contributed by atoms with Gasteiger partial charge in [-0.25, -0.2) is 0 Å². The van der Waals surface area contributed by atoms with Crippen molar-refractivity contribution in [1.82, 2.24) is 5.32 Å². The number of esters is 1. The van der Waals surface area contributed by atoms with Crippen LogP contribution in [0.15, 0.2) is 30.3 Å². The zero-order valence-electron chi connectivity index (χ0n) is 11.3. The highest BCUT2D eigenvalue weighted by molar-refractivity contribution is 5.79. The first-order valence-electron chi connectivity index (χ1n) is 6.45. The fraction of sp³-hybridized carbons (Fsp3) is 0.533. The van der Waals surface area contributed by atoms with Gasteiger partial charge in [-0.3, -0.25) is 10.1 Å². The summed E-state index contributed by atoms with van der Waals surface area (Å²) in [7, 11) is 1.43. The fourth-order valence-corrected chi connectivity index (χ4v) is 2.27. The van der Waals surface area contributed by atoms with Crippen molar-refractivity contribution in [3.05, 3.63) is 35.9 Å². The van der Waals surface area contributed by atoms with E-state index in [0.29, 0.717) is 5.92 Å². The molecular weight excluding hydrogens is 226 g/mol. The number of nitrogens with one attached hydrogen (secondary N) is 1. The summed E-state index contributed by atoms with van der Waals surface area (Å²) in [5, 5.41) is 3.45. The van der Waals surface area contributed by atoms with Crippen LogP contribution in [0.2, 0.25) is 0 Å². The topological polar surface area (TPSA) is 38.3 Å². The van der Waals surface area contributed by atoms with Crippen LogP contribution in [-0.4, -0.2) is 18.6 Å². The molecule has 1 aliphatic carbocycles. The van der Waals surface area contributed by atoms with Gasteiger partial charge in [-0.2, -0.15) is 0 Å². The maximum atomic E-state index is 11.8. The molecule has 1 N–H and O–H groups in total. The van der Waals surface area contributed by atoms with Gasteiger partial charge < -0.3 is 4.74 Å². The number of ether oxygens (including phenoxy) is 1. The lowest BCUT2D eigenvalue weighted by Gasteiger charge is -2.30. The van der Waals surface area contributed by atoms with E-state index in [1.807, 2.05) is 32.0 Å². The molecule has 1 aliphatic rings. The molecule has 18 heavy (non-hydrogen) atoms. The normalized spacial score (nSPS) is 17.3. The lowest BCUT2D eigenvalue weighted by Crippen LogP contribution is -2.49. The molecule has 0 amide bonds. The van der Waals surface area contributed by atoms with Gasteiger partial charge in [-0.1, -0.05) is 30.3 Å². The second-order valence-electron chi connectivity index (χ2n) is 5.49. The molecule has 0 spiro atoms. The minimum atomic E-state index is -0.655. The molecule has 2 rings (SSSR count). The molecule has 98 valence electrons. The number of benzene rings is 1. The third kappa shape index (κ3) is 2.91. The first-order chi connectivity index (χ1) is 8.54. The molecule has 0 bridgehead atoms. The van der Waals surface area contributed by atoms with E-state index in [-0.39, 0.29) is 12.0 Å². The molecule has 0 aliphatic heterocycles. The summed E-state index contributed by atoms with van der Waals surface area (Å²) in [6.45, 7) is 3.74. The van der Waals surface area contributed by atoms with Gasteiger partial charge >= 0.3 is 5.97 Å². The minimum Gasteiger partial charge on any atom is -0.468 e. The summed E-state index contributed by atoms with van der Waals surface area (Å²) >= 11 is 0. The highest BCUT2D eigenvalue weighted by atomic mass is 16.5. The van der Waals surface area contributed by atoms with Crippen molar-refractivity contribution in [2.45, 2.75) is 38.3 Å². The van der Waals surface area contributed by atoms with Crippen LogP contribution in [0.4, 0.5) is 0 Å². The molecule has 3 nitrogen and oxygen atoms in total. The van der Waals surface area contributed by atoms with E-state index in [1.54, 1.807) is 0 Å². The Morgan fingerprint density at radius 3 is 2.44 bits per heavy atom. The van der Waals surface area contributed by atoms with E-state index in [0.717, 1.165) is 0 Å². The van der Waals surface area contributed by atoms with Crippen molar-refractivity contribution in [3.8, 4) is 0 Å². The molecule has 1 atom stereocenters. The van der Waals surface area contributed by atoms with Gasteiger partial charge in [-0.05, 0) is 38.2 Å². The maximum Gasteiger partial charge on any atom is 0.325 e. The van der Waals surface area contributed by atoms with Gasteiger partial charge in [0.05, 0.1) is 7.11 Å². The summed E-state index contributed by atoms with van der Waals surface area (Å²) in [5.74, 6) is 0.417. The van der Waals surface area contributed by atoms with Gasteiger partial charge in [0.15, 0.2) is 0 Å². The second kappa shape index (κ2) is 5.11. The van der Waals surface area contributed by atoms with E-state index < -0.39 is 5.54 Å². The fourth-order valence-electron chi connectivity index (χ4n) is 2.27. The van der Waals surface area contributed by atoms with Crippen LogP contribution in [0, 0.1) is 5.92 Å². The average Bonchev–Trinajstić information content (AvgIpc) is 3.20. The Morgan fingerprint density at radius 2 is 1.94 bits per heavy atom. The highest BCUT2D eigenvalue weighted by Gasteiger charge is 2.38. The van der Waals surface area contributed by atoms with Crippen LogP contribution in [0.1, 0.15) is 38.3 Å². The Labute approximate surface area is 109 Å². The van der Waals surface area contributed by atoms with E-state index in [4.69, 9.17) is 4.74 Å². The van der Waals surface area contributed by atoms with Crippen molar-refractivity contribution < 1.29 is 9.53 Å². The largest absolute Gasteiger partial charge is 0.468 e. The first-order valence-corrected chi connectivity index (χ1v) is 6.45. The summed E-state index contributed by atoms with van der Waals surface area (Å²) in [6, 6.07) is 10.6. The molecule has 0 radical (unpaired) electrons. The van der Waals surface area contributed by atoms with Crippen molar-refractivity contribution in [2.75, 3.05) is 7.11 Å². The van der Waals surface area contributed by atoms with Gasteiger partial charge in [0, 0.05) is 6.04 Å². The number of carbonyl (C=O) groups is 1. The molecule has 1 saturated carbocycles. The molecule has 1 aromatic rings.